The molecule has 1 aliphatic rings. The molecule has 3 heterocycles. The Balaban J connectivity index is 1.39. The molecule has 10 nitrogen and oxygen atoms in total. The summed E-state index contributed by atoms with van der Waals surface area (Å²) in [4.78, 5) is 61.8. The van der Waals surface area contributed by atoms with Gasteiger partial charge in [0.1, 0.15) is 17.0 Å². The second-order valence-corrected chi connectivity index (χ2v) is 8.66. The van der Waals surface area contributed by atoms with Crippen molar-refractivity contribution in [3.05, 3.63) is 68.7 Å². The van der Waals surface area contributed by atoms with E-state index in [0.29, 0.717) is 46.6 Å². The normalized spacial score (nSPS) is 15.9. The lowest BCUT2D eigenvalue weighted by atomic mass is 9.96. The maximum Gasteiger partial charge on any atom is 0.295 e. The molecule has 36 heavy (non-hydrogen) atoms. The SMILES string of the molecule is COc1ncc(OC)c2c(C(=O)C(=O)N3CCN(c4c(-c5ccccc5)c(=O)c4=O)C[C@@H]3C)c[nH]c12. The minimum atomic E-state index is -0.688. The number of rotatable bonds is 6. The number of aromatic nitrogens is 2. The van der Waals surface area contributed by atoms with Gasteiger partial charge in [-0.15, -0.1) is 0 Å². The second kappa shape index (κ2) is 8.95. The molecule has 184 valence electrons. The number of nitrogens with zero attached hydrogens (tertiary/aromatic N) is 3. The summed E-state index contributed by atoms with van der Waals surface area (Å²) in [5.41, 5.74) is 1.06. The average molecular weight is 489 g/mol. The Labute approximate surface area is 205 Å². The Morgan fingerprint density at radius 3 is 2.47 bits per heavy atom. The van der Waals surface area contributed by atoms with Gasteiger partial charge in [-0.25, -0.2) is 4.98 Å². The van der Waals surface area contributed by atoms with Crippen LogP contribution in [0.25, 0.3) is 22.0 Å². The number of anilines is 1. The predicted molar refractivity (Wildman–Crippen MR) is 134 cm³/mol. The zero-order chi connectivity index (χ0) is 25.6. The molecule has 4 aromatic rings. The van der Waals surface area contributed by atoms with Crippen LogP contribution in [0.1, 0.15) is 17.3 Å². The molecule has 0 saturated carbocycles. The van der Waals surface area contributed by atoms with E-state index >= 15 is 0 Å². The van der Waals surface area contributed by atoms with Gasteiger partial charge in [0.2, 0.25) is 16.7 Å². The number of carbonyl (C=O) groups is 2. The monoisotopic (exact) mass is 488 g/mol. The maximum atomic E-state index is 13.3. The van der Waals surface area contributed by atoms with E-state index in [0.717, 1.165) is 0 Å². The zero-order valence-corrected chi connectivity index (χ0v) is 20.0. The van der Waals surface area contributed by atoms with Gasteiger partial charge in [-0.3, -0.25) is 19.2 Å². The number of carbonyl (C=O) groups excluding carboxylic acids is 2. The molecule has 1 N–H and O–H groups in total. The van der Waals surface area contributed by atoms with Crippen LogP contribution < -0.4 is 25.2 Å². The van der Waals surface area contributed by atoms with Crippen LogP contribution in [0.3, 0.4) is 0 Å². The average Bonchev–Trinajstić information content (AvgIpc) is 3.35. The Kier molecular flexibility index (Phi) is 5.79. The van der Waals surface area contributed by atoms with Gasteiger partial charge < -0.3 is 24.3 Å². The Morgan fingerprint density at radius 2 is 1.81 bits per heavy atom. The van der Waals surface area contributed by atoms with Gasteiger partial charge in [-0.2, -0.15) is 0 Å². The van der Waals surface area contributed by atoms with E-state index in [1.165, 1.54) is 31.5 Å². The number of piperazine rings is 1. The number of amides is 1. The number of fused-ring (bicyclic) bond motifs is 1. The summed E-state index contributed by atoms with van der Waals surface area (Å²) < 4.78 is 10.6. The van der Waals surface area contributed by atoms with Crippen molar-refractivity contribution in [1.29, 1.82) is 0 Å². The molecule has 2 aromatic heterocycles. The van der Waals surface area contributed by atoms with Gasteiger partial charge in [0.25, 0.3) is 11.7 Å². The number of Topliss-reactive ketones (excluding diaryl/α,β-unsaturated/α-hetero) is 1. The zero-order valence-electron chi connectivity index (χ0n) is 20.0. The van der Waals surface area contributed by atoms with Crippen LogP contribution in [0.4, 0.5) is 5.69 Å². The van der Waals surface area contributed by atoms with Crippen molar-refractivity contribution in [3.8, 4) is 22.8 Å². The Bertz CT molecular complexity index is 1550. The molecule has 2 aromatic carbocycles. The first-order chi connectivity index (χ1) is 17.4. The van der Waals surface area contributed by atoms with E-state index in [9.17, 15) is 19.2 Å². The summed E-state index contributed by atoms with van der Waals surface area (Å²) in [6.45, 7) is 2.68. The van der Waals surface area contributed by atoms with Crippen LogP contribution in [0.5, 0.6) is 11.6 Å². The van der Waals surface area contributed by atoms with Gasteiger partial charge in [-0.1, -0.05) is 30.3 Å². The van der Waals surface area contributed by atoms with Gasteiger partial charge in [0.05, 0.1) is 36.9 Å². The van der Waals surface area contributed by atoms with Crippen LogP contribution in [0, 0.1) is 0 Å². The van der Waals surface area contributed by atoms with Crippen molar-refractivity contribution in [2.45, 2.75) is 13.0 Å². The van der Waals surface area contributed by atoms with Crippen LogP contribution >= 0.6 is 0 Å². The van der Waals surface area contributed by atoms with Gasteiger partial charge >= 0.3 is 0 Å². The number of nitrogens with one attached hydrogen (secondary N) is 1. The third-order valence-electron chi connectivity index (χ3n) is 6.64. The summed E-state index contributed by atoms with van der Waals surface area (Å²) in [5, 5.41) is 0.422. The molecule has 0 spiro atoms. The first-order valence-electron chi connectivity index (χ1n) is 11.4. The van der Waals surface area contributed by atoms with E-state index in [1.807, 2.05) is 30.0 Å². The van der Waals surface area contributed by atoms with E-state index < -0.39 is 22.5 Å². The van der Waals surface area contributed by atoms with Crippen LogP contribution in [-0.2, 0) is 4.79 Å². The highest BCUT2D eigenvalue weighted by molar-refractivity contribution is 6.45. The van der Waals surface area contributed by atoms with E-state index in [2.05, 4.69) is 9.97 Å². The molecule has 1 amide bonds. The van der Waals surface area contributed by atoms with Crippen molar-refractivity contribution >= 4 is 28.3 Å². The number of hydrogen-bond donors (Lipinski definition) is 1. The topological polar surface area (TPSA) is 122 Å². The summed E-state index contributed by atoms with van der Waals surface area (Å²) >= 11 is 0. The number of ether oxygens (including phenoxy) is 2. The predicted octanol–water partition coefficient (Wildman–Crippen LogP) is 1.76. The molecule has 0 radical (unpaired) electrons. The maximum absolute atomic E-state index is 13.3. The fourth-order valence-corrected chi connectivity index (χ4v) is 4.84. The molecular formula is C26H24N4O6. The minimum absolute atomic E-state index is 0.163. The Hall–Kier alpha value is -4.47. The summed E-state index contributed by atoms with van der Waals surface area (Å²) in [6.07, 6.45) is 2.89. The quantitative estimate of drug-likeness (QED) is 0.322. The van der Waals surface area contributed by atoms with Crippen LogP contribution in [-0.4, -0.2) is 66.5 Å². The summed E-state index contributed by atoms with van der Waals surface area (Å²) in [7, 11) is 2.92. The largest absolute Gasteiger partial charge is 0.494 e. The lowest BCUT2D eigenvalue weighted by molar-refractivity contribution is -0.128. The number of methoxy groups -OCH3 is 2. The van der Waals surface area contributed by atoms with Crippen molar-refractivity contribution in [2.75, 3.05) is 38.8 Å². The number of pyridine rings is 1. The second-order valence-electron chi connectivity index (χ2n) is 8.66. The van der Waals surface area contributed by atoms with Crippen LogP contribution in [0.2, 0.25) is 0 Å². The summed E-state index contributed by atoms with van der Waals surface area (Å²) in [6, 6.07) is 8.68. The third kappa shape index (κ3) is 3.53. The van der Waals surface area contributed by atoms with Gasteiger partial charge in [0.15, 0.2) is 0 Å². The third-order valence-corrected chi connectivity index (χ3v) is 6.64. The lowest BCUT2D eigenvalue weighted by Gasteiger charge is -2.41. The fourth-order valence-electron chi connectivity index (χ4n) is 4.84. The minimum Gasteiger partial charge on any atom is -0.494 e. The molecule has 0 unspecified atom stereocenters. The molecular weight excluding hydrogens is 464 g/mol. The number of benzene rings is 1. The first-order valence-corrected chi connectivity index (χ1v) is 11.4. The first kappa shape index (κ1) is 23.3. The number of ketones is 1. The molecule has 10 heteroatoms. The van der Waals surface area contributed by atoms with Crippen molar-refractivity contribution in [3.63, 3.8) is 0 Å². The molecule has 1 saturated heterocycles. The number of hydrogen-bond acceptors (Lipinski definition) is 8. The molecule has 0 bridgehead atoms. The van der Waals surface area contributed by atoms with Crippen LogP contribution in [0.15, 0.2) is 52.3 Å². The highest BCUT2D eigenvalue weighted by Gasteiger charge is 2.36. The van der Waals surface area contributed by atoms with Gasteiger partial charge in [-0.05, 0) is 12.5 Å². The fraction of sp³-hybridized carbons (Fsp3) is 0.269. The highest BCUT2D eigenvalue weighted by atomic mass is 16.5. The van der Waals surface area contributed by atoms with Crippen molar-refractivity contribution in [2.24, 2.45) is 0 Å². The van der Waals surface area contributed by atoms with Crippen molar-refractivity contribution in [1.82, 2.24) is 14.9 Å². The van der Waals surface area contributed by atoms with Crippen molar-refractivity contribution < 1.29 is 19.1 Å². The number of aromatic amines is 1. The molecule has 1 atom stereocenters. The standard InChI is InChI=1S/C26H24N4O6/c1-14-13-29(21-18(23(32)24(21)33)15-7-5-4-6-8-15)9-10-30(14)26(34)22(31)16-11-27-20-19(16)17(35-2)12-28-25(20)36-3/h4-8,11-12,14,27H,9-10,13H2,1-3H3/t14-/m0/s1. The van der Waals surface area contributed by atoms with E-state index in [1.54, 1.807) is 12.1 Å². The molecule has 1 aliphatic heterocycles. The summed E-state index contributed by atoms with van der Waals surface area (Å²) in [5.74, 6) is -0.725. The van der Waals surface area contributed by atoms with Gasteiger partial charge in [0, 0.05) is 31.9 Å². The van der Waals surface area contributed by atoms with E-state index in [-0.39, 0.29) is 24.0 Å². The molecule has 5 rings (SSSR count). The number of H-pyrrole nitrogens is 1. The lowest BCUT2D eigenvalue weighted by Crippen LogP contribution is -2.58. The highest BCUT2D eigenvalue weighted by Crippen LogP contribution is 2.34. The van der Waals surface area contributed by atoms with E-state index in [4.69, 9.17) is 9.47 Å². The molecule has 0 aliphatic carbocycles. The smallest absolute Gasteiger partial charge is 0.295 e. The Morgan fingerprint density at radius 1 is 1.06 bits per heavy atom. The molecule has 1 fully saturated rings.